The fourth-order valence-corrected chi connectivity index (χ4v) is 1.33. The Balaban J connectivity index is 3.08. The van der Waals surface area contributed by atoms with Crippen LogP contribution in [0.15, 0.2) is 12.1 Å². The summed E-state index contributed by atoms with van der Waals surface area (Å²) < 4.78 is 21.2. The summed E-state index contributed by atoms with van der Waals surface area (Å²) in [4.78, 5) is 0. The molecule has 0 aliphatic rings. The highest BCUT2D eigenvalue weighted by molar-refractivity contribution is 7.80. The zero-order chi connectivity index (χ0) is 10.0. The van der Waals surface area contributed by atoms with Crippen LogP contribution in [0.3, 0.4) is 0 Å². The van der Waals surface area contributed by atoms with Crippen molar-refractivity contribution in [1.82, 2.24) is 0 Å². The van der Waals surface area contributed by atoms with Crippen molar-refractivity contribution in [3.8, 4) is 5.75 Å². The second kappa shape index (κ2) is 3.76. The predicted molar refractivity (Wildman–Crippen MR) is 52.0 cm³/mol. The lowest BCUT2D eigenvalue weighted by molar-refractivity contribution is 0.477. The van der Waals surface area contributed by atoms with Gasteiger partial charge in [0.1, 0.15) is 5.75 Å². The van der Waals surface area contributed by atoms with Crippen LogP contribution >= 0.6 is 0 Å². The van der Waals surface area contributed by atoms with Gasteiger partial charge in [0.15, 0.2) is 0 Å². The maximum atomic E-state index is 10.4. The van der Waals surface area contributed by atoms with Crippen LogP contribution in [0.4, 0.5) is 5.69 Å². The number of phenolic OH excluding ortho intramolecular Hbond substituents is 1. The van der Waals surface area contributed by atoms with Crippen molar-refractivity contribution in [2.45, 2.75) is 13.8 Å². The molecule has 0 amide bonds. The molecule has 0 aromatic heterocycles. The van der Waals surface area contributed by atoms with Crippen LogP contribution in [-0.4, -0.2) is 13.9 Å². The van der Waals surface area contributed by atoms with Crippen LogP contribution < -0.4 is 4.72 Å². The number of hydrogen-bond donors (Lipinski definition) is 3. The number of aryl methyl sites for hydroxylation is 2. The third-order valence-corrected chi connectivity index (χ3v) is 2.20. The molecular formula is C8H11NO3S. The van der Waals surface area contributed by atoms with Crippen molar-refractivity contribution >= 4 is 17.0 Å². The maximum Gasteiger partial charge on any atom is 0.259 e. The second-order valence-electron chi connectivity index (χ2n) is 2.80. The van der Waals surface area contributed by atoms with E-state index in [2.05, 4.69) is 4.72 Å². The lowest BCUT2D eigenvalue weighted by Gasteiger charge is -2.07. The topological polar surface area (TPSA) is 69.6 Å². The maximum absolute atomic E-state index is 10.4. The summed E-state index contributed by atoms with van der Waals surface area (Å²) >= 11 is -2.15. The summed E-state index contributed by atoms with van der Waals surface area (Å²) in [5.74, 6) is -0.0227. The zero-order valence-corrected chi connectivity index (χ0v) is 8.18. The standard InChI is InChI=1S/C8H11NO3S/c1-5-3-7(9-13(11)12)8(10)4-6(5)2/h3-4,9-10H,1-2H3,(H,11,12). The molecule has 0 saturated heterocycles. The molecule has 5 heteroatoms. The quantitative estimate of drug-likeness (QED) is 0.502. The van der Waals surface area contributed by atoms with E-state index >= 15 is 0 Å². The van der Waals surface area contributed by atoms with Crippen LogP contribution in [-0.2, 0) is 11.3 Å². The molecule has 0 aliphatic carbocycles. The highest BCUT2D eigenvalue weighted by Crippen LogP contribution is 2.26. The molecule has 0 fully saturated rings. The Hall–Kier alpha value is -1.07. The van der Waals surface area contributed by atoms with Crippen LogP contribution in [0.1, 0.15) is 11.1 Å². The van der Waals surface area contributed by atoms with Gasteiger partial charge in [-0.25, -0.2) is 4.21 Å². The summed E-state index contributed by atoms with van der Waals surface area (Å²) in [7, 11) is 0. The number of nitrogens with one attached hydrogen (secondary N) is 1. The highest BCUT2D eigenvalue weighted by Gasteiger charge is 2.05. The van der Waals surface area contributed by atoms with Crippen LogP contribution in [0.5, 0.6) is 5.75 Å². The summed E-state index contributed by atoms with van der Waals surface area (Å²) in [5.41, 5.74) is 2.15. The molecule has 1 aromatic carbocycles. The SMILES string of the molecule is Cc1cc(O)c(NS(=O)O)cc1C. The first-order valence-corrected chi connectivity index (χ1v) is 4.79. The van der Waals surface area contributed by atoms with Crippen LogP contribution in [0.2, 0.25) is 0 Å². The van der Waals surface area contributed by atoms with Gasteiger partial charge >= 0.3 is 0 Å². The summed E-state index contributed by atoms with van der Waals surface area (Å²) in [6, 6.07) is 3.17. The van der Waals surface area contributed by atoms with Crippen molar-refractivity contribution in [2.24, 2.45) is 0 Å². The fraction of sp³-hybridized carbons (Fsp3) is 0.250. The third kappa shape index (κ3) is 2.43. The van der Waals surface area contributed by atoms with Crippen molar-refractivity contribution in [1.29, 1.82) is 0 Å². The first-order chi connectivity index (χ1) is 6.00. The lowest BCUT2D eigenvalue weighted by Crippen LogP contribution is -2.02. The number of phenols is 1. The Morgan fingerprint density at radius 2 is 1.85 bits per heavy atom. The van der Waals surface area contributed by atoms with Gasteiger partial charge < -0.3 is 5.11 Å². The van der Waals surface area contributed by atoms with Crippen LogP contribution in [0.25, 0.3) is 0 Å². The first-order valence-electron chi connectivity index (χ1n) is 3.68. The number of anilines is 1. The molecule has 0 saturated carbocycles. The molecule has 0 heterocycles. The van der Waals surface area contributed by atoms with E-state index in [1.807, 2.05) is 13.8 Å². The molecule has 13 heavy (non-hydrogen) atoms. The average Bonchev–Trinajstić information content (AvgIpc) is 1.99. The van der Waals surface area contributed by atoms with Gasteiger partial charge in [-0.05, 0) is 37.1 Å². The van der Waals surface area contributed by atoms with Crippen LogP contribution in [0, 0.1) is 13.8 Å². The van der Waals surface area contributed by atoms with E-state index in [9.17, 15) is 9.32 Å². The van der Waals surface area contributed by atoms with E-state index in [0.29, 0.717) is 0 Å². The summed E-state index contributed by atoms with van der Waals surface area (Å²) in [5, 5.41) is 9.36. The molecule has 4 nitrogen and oxygen atoms in total. The van der Waals surface area contributed by atoms with Gasteiger partial charge in [-0.2, -0.15) is 0 Å². The fourth-order valence-electron chi connectivity index (χ4n) is 0.977. The van der Waals surface area contributed by atoms with Gasteiger partial charge in [-0.15, -0.1) is 0 Å². The summed E-state index contributed by atoms with van der Waals surface area (Å²) in [6.45, 7) is 3.72. The lowest BCUT2D eigenvalue weighted by atomic mass is 10.1. The predicted octanol–water partition coefficient (Wildman–Crippen LogP) is 1.56. The molecule has 0 aliphatic heterocycles. The Morgan fingerprint density at radius 1 is 1.31 bits per heavy atom. The zero-order valence-electron chi connectivity index (χ0n) is 7.37. The second-order valence-corrected chi connectivity index (χ2v) is 3.51. The first kappa shape index (κ1) is 10.0. The van der Waals surface area contributed by atoms with E-state index in [1.165, 1.54) is 0 Å². The van der Waals surface area contributed by atoms with Gasteiger partial charge in [0.25, 0.3) is 11.3 Å². The van der Waals surface area contributed by atoms with Crippen molar-refractivity contribution in [3.05, 3.63) is 23.3 Å². The molecule has 1 rings (SSSR count). The van der Waals surface area contributed by atoms with Gasteiger partial charge in [0.2, 0.25) is 0 Å². The minimum atomic E-state index is -2.15. The normalized spacial score (nSPS) is 12.5. The van der Waals surface area contributed by atoms with Crippen molar-refractivity contribution in [3.63, 3.8) is 0 Å². The number of aromatic hydroxyl groups is 1. The molecule has 0 spiro atoms. The molecule has 72 valence electrons. The molecule has 1 unspecified atom stereocenters. The Bertz CT molecular complexity index is 351. The van der Waals surface area contributed by atoms with Gasteiger partial charge in [0, 0.05) is 0 Å². The van der Waals surface area contributed by atoms with E-state index in [-0.39, 0.29) is 11.4 Å². The van der Waals surface area contributed by atoms with E-state index in [1.54, 1.807) is 12.1 Å². The third-order valence-electron chi connectivity index (χ3n) is 1.81. The van der Waals surface area contributed by atoms with Crippen molar-refractivity contribution in [2.75, 3.05) is 4.72 Å². The smallest absolute Gasteiger partial charge is 0.259 e. The Morgan fingerprint density at radius 3 is 2.38 bits per heavy atom. The monoisotopic (exact) mass is 201 g/mol. The molecule has 1 aromatic rings. The molecular weight excluding hydrogens is 190 g/mol. The average molecular weight is 201 g/mol. The highest BCUT2D eigenvalue weighted by atomic mass is 32.2. The molecule has 0 bridgehead atoms. The van der Waals surface area contributed by atoms with Gasteiger partial charge in [0.05, 0.1) is 5.69 Å². The Kier molecular flexibility index (Phi) is 2.90. The Labute approximate surface area is 79.0 Å². The van der Waals surface area contributed by atoms with E-state index in [0.717, 1.165) is 11.1 Å². The number of benzene rings is 1. The molecule has 3 N–H and O–H groups in total. The van der Waals surface area contributed by atoms with Gasteiger partial charge in [-0.1, -0.05) is 0 Å². The van der Waals surface area contributed by atoms with Crippen molar-refractivity contribution < 1.29 is 13.9 Å². The van der Waals surface area contributed by atoms with E-state index in [4.69, 9.17) is 4.55 Å². The number of hydrogen-bond acceptors (Lipinski definition) is 2. The minimum Gasteiger partial charge on any atom is -0.506 e. The molecule has 1 atom stereocenters. The summed E-state index contributed by atoms with van der Waals surface area (Å²) in [6.07, 6.45) is 0. The largest absolute Gasteiger partial charge is 0.506 e. The van der Waals surface area contributed by atoms with Gasteiger partial charge in [-0.3, -0.25) is 9.27 Å². The minimum absolute atomic E-state index is 0.0227. The number of rotatable bonds is 2. The molecule has 0 radical (unpaired) electrons. The van der Waals surface area contributed by atoms with E-state index < -0.39 is 11.3 Å².